The van der Waals surface area contributed by atoms with E-state index in [1.54, 1.807) is 21.7 Å². The van der Waals surface area contributed by atoms with Crippen molar-refractivity contribution in [3.8, 4) is 5.88 Å². The maximum absolute atomic E-state index is 12.4. The predicted octanol–water partition coefficient (Wildman–Crippen LogP) is 1.86. The van der Waals surface area contributed by atoms with E-state index in [0.717, 1.165) is 37.3 Å². The molecule has 13 heteroatoms. The molecule has 0 radical (unpaired) electrons. The number of hydrogen-bond acceptors (Lipinski definition) is 9. The number of benzene rings is 1. The van der Waals surface area contributed by atoms with E-state index in [9.17, 15) is 14.7 Å². The zero-order chi connectivity index (χ0) is 28.7. The van der Waals surface area contributed by atoms with Crippen molar-refractivity contribution in [3.63, 3.8) is 0 Å². The third-order valence-corrected chi connectivity index (χ3v) is 6.81. The molecule has 1 aromatic carbocycles. The number of H-pyrrole nitrogens is 2. The lowest BCUT2D eigenvalue weighted by Crippen LogP contribution is -2.50. The Kier molecular flexibility index (Phi) is 6.64. The molecule has 13 nitrogen and oxygen atoms in total. The summed E-state index contributed by atoms with van der Waals surface area (Å²) < 4.78 is 7.17. The number of nitrogens with one attached hydrogen (secondary N) is 3. The fourth-order valence-electron chi connectivity index (χ4n) is 4.64. The zero-order valence-corrected chi connectivity index (χ0v) is 23.2. The average molecular weight is 560 g/mol. The molecule has 2 fully saturated rings. The Morgan fingerprint density at radius 3 is 2.51 bits per heavy atom. The molecule has 0 bridgehead atoms. The van der Waals surface area contributed by atoms with Gasteiger partial charge in [-0.1, -0.05) is 0 Å². The molecule has 0 spiro atoms. The number of aromatic nitrogens is 5. The number of aromatic amines is 2. The molecule has 214 valence electrons. The van der Waals surface area contributed by atoms with Crippen molar-refractivity contribution in [2.45, 2.75) is 45.3 Å². The highest BCUT2D eigenvalue weighted by atomic mass is 16.6. The van der Waals surface area contributed by atoms with E-state index in [4.69, 9.17) is 14.7 Å². The van der Waals surface area contributed by atoms with E-state index < -0.39 is 11.3 Å². The summed E-state index contributed by atoms with van der Waals surface area (Å²) >= 11 is 0. The van der Waals surface area contributed by atoms with Gasteiger partial charge in [-0.2, -0.15) is 9.61 Å². The number of imidazole rings is 1. The smallest absolute Gasteiger partial charge is 0.410 e. The molecule has 4 heterocycles. The van der Waals surface area contributed by atoms with Gasteiger partial charge in [0.2, 0.25) is 5.88 Å². The summed E-state index contributed by atoms with van der Waals surface area (Å²) in [6, 6.07) is 10.2. The molecule has 4 N–H and O–H groups in total. The van der Waals surface area contributed by atoms with Crippen LogP contribution in [0.5, 0.6) is 5.88 Å². The Bertz CT molecular complexity index is 1750. The van der Waals surface area contributed by atoms with E-state index in [-0.39, 0.29) is 23.7 Å². The fraction of sp³-hybridized carbons (Fsp3) is 0.393. The van der Waals surface area contributed by atoms with Crippen LogP contribution in [0.25, 0.3) is 11.7 Å². The molecule has 3 aromatic heterocycles. The van der Waals surface area contributed by atoms with Gasteiger partial charge in [-0.15, -0.1) is 0 Å². The standard InChI is InChI=1S/C28H33N9O4/c1-28(2,3)41-27(40)36-12-10-35(11-13-36)20-8-6-18(7-9-20)30-22-15-23(31-19-4-5-19)37-24(33-22)17(16-29-37)14-21-25(38)34-26(39)32-21/h6-9,14-16,19,30,38H,4-5,10-13H2,1-3H3,(H2,32,34,39)/b17-14-,31-23?. The summed E-state index contributed by atoms with van der Waals surface area (Å²) in [5.74, 6) is 0.343. The van der Waals surface area contributed by atoms with Crippen LogP contribution in [0.4, 0.5) is 22.0 Å². The Hall–Kier alpha value is -4.81. The summed E-state index contributed by atoms with van der Waals surface area (Å²) in [6.07, 6.45) is 5.05. The van der Waals surface area contributed by atoms with Gasteiger partial charge in [-0.05, 0) is 64.0 Å². The number of fused-ring (bicyclic) bond motifs is 1. The van der Waals surface area contributed by atoms with Crippen LogP contribution in [0.3, 0.4) is 0 Å². The van der Waals surface area contributed by atoms with Gasteiger partial charge >= 0.3 is 11.8 Å². The van der Waals surface area contributed by atoms with Gasteiger partial charge in [0, 0.05) is 48.8 Å². The molecule has 0 unspecified atom stereocenters. The van der Waals surface area contributed by atoms with Gasteiger partial charge < -0.3 is 29.9 Å². The van der Waals surface area contributed by atoms with Crippen molar-refractivity contribution in [3.05, 3.63) is 63.4 Å². The first-order valence-electron chi connectivity index (χ1n) is 13.7. The molecule has 0 atom stereocenters. The van der Waals surface area contributed by atoms with Gasteiger partial charge in [-0.25, -0.2) is 14.6 Å². The molecule has 2 aliphatic rings. The number of rotatable bonds is 5. The van der Waals surface area contributed by atoms with Crippen molar-refractivity contribution in [2.75, 3.05) is 36.4 Å². The second kappa shape index (κ2) is 10.3. The lowest BCUT2D eigenvalue weighted by atomic mass is 10.2. The third-order valence-electron chi connectivity index (χ3n) is 6.81. The van der Waals surface area contributed by atoms with Crippen molar-refractivity contribution in [1.29, 1.82) is 0 Å². The van der Waals surface area contributed by atoms with Crippen LogP contribution in [0.1, 0.15) is 39.3 Å². The normalized spacial score (nSPS) is 17.0. The molecule has 6 rings (SSSR count). The summed E-state index contributed by atoms with van der Waals surface area (Å²) in [6.45, 7) is 8.27. The van der Waals surface area contributed by atoms with E-state index in [1.807, 2.05) is 51.1 Å². The van der Waals surface area contributed by atoms with Crippen molar-refractivity contribution in [1.82, 2.24) is 29.5 Å². The van der Waals surface area contributed by atoms with E-state index in [0.29, 0.717) is 35.3 Å². The lowest BCUT2D eigenvalue weighted by Gasteiger charge is -2.36. The Morgan fingerprint density at radius 1 is 1.15 bits per heavy atom. The number of carbonyl (C=O) groups is 1. The molecule has 4 aromatic rings. The summed E-state index contributed by atoms with van der Waals surface area (Å²) in [5, 5.41) is 18.5. The number of aromatic hydroxyl groups is 1. The van der Waals surface area contributed by atoms with Gasteiger partial charge in [0.1, 0.15) is 17.1 Å². The van der Waals surface area contributed by atoms with Crippen LogP contribution in [0, 0.1) is 0 Å². The SMILES string of the molecule is CC(C)(C)OC(=O)N1CCN(c2ccc(Nc3cc(=NC4CC4)n4nc/c(=C/c5[nH]c(=O)[nH]c5O)c4n3)cc2)CC1. The molecule has 1 saturated heterocycles. The van der Waals surface area contributed by atoms with Gasteiger partial charge in [0.15, 0.2) is 11.1 Å². The maximum Gasteiger partial charge on any atom is 0.410 e. The van der Waals surface area contributed by atoms with E-state index >= 15 is 0 Å². The Balaban J connectivity index is 1.21. The highest BCUT2D eigenvalue weighted by molar-refractivity contribution is 5.69. The Labute approximate surface area is 235 Å². The number of piperazine rings is 1. The maximum atomic E-state index is 12.4. The quantitative estimate of drug-likeness (QED) is 0.289. The van der Waals surface area contributed by atoms with Crippen LogP contribution in [-0.2, 0) is 4.74 Å². The summed E-state index contributed by atoms with van der Waals surface area (Å²) in [7, 11) is 0. The summed E-state index contributed by atoms with van der Waals surface area (Å²) in [5.41, 5.74) is 2.37. The van der Waals surface area contributed by atoms with Crippen LogP contribution < -0.4 is 26.6 Å². The van der Waals surface area contributed by atoms with E-state index in [1.165, 1.54) is 0 Å². The van der Waals surface area contributed by atoms with Gasteiger partial charge in [0.25, 0.3) is 0 Å². The number of amides is 1. The van der Waals surface area contributed by atoms with Crippen molar-refractivity contribution < 1.29 is 14.6 Å². The molecule has 1 amide bonds. The predicted molar refractivity (Wildman–Crippen MR) is 153 cm³/mol. The average Bonchev–Trinajstić information content (AvgIpc) is 3.56. The van der Waals surface area contributed by atoms with Gasteiger partial charge in [-0.3, -0.25) is 9.98 Å². The molecule has 41 heavy (non-hydrogen) atoms. The van der Waals surface area contributed by atoms with Crippen LogP contribution in [-0.4, -0.2) is 78.5 Å². The first-order chi connectivity index (χ1) is 19.6. The van der Waals surface area contributed by atoms with Crippen LogP contribution in [0.15, 0.2) is 46.3 Å². The largest absolute Gasteiger partial charge is 0.493 e. The van der Waals surface area contributed by atoms with Gasteiger partial charge in [0.05, 0.1) is 12.2 Å². The minimum atomic E-state index is -0.507. The van der Waals surface area contributed by atoms with Crippen LogP contribution >= 0.6 is 0 Å². The van der Waals surface area contributed by atoms with E-state index in [2.05, 4.69) is 25.3 Å². The molecular weight excluding hydrogens is 526 g/mol. The zero-order valence-electron chi connectivity index (χ0n) is 23.2. The minimum Gasteiger partial charge on any atom is -0.493 e. The lowest BCUT2D eigenvalue weighted by molar-refractivity contribution is 0.0240. The topological polar surface area (TPSA) is 156 Å². The molecule has 1 aliphatic heterocycles. The minimum absolute atomic E-state index is 0.244. The number of anilines is 3. The first kappa shape index (κ1) is 26.4. The number of ether oxygens (including phenoxy) is 1. The highest BCUT2D eigenvalue weighted by Gasteiger charge is 2.26. The molecule has 1 aliphatic carbocycles. The third kappa shape index (κ3) is 6.03. The second-order valence-electron chi connectivity index (χ2n) is 11.3. The fourth-order valence-corrected chi connectivity index (χ4v) is 4.64. The number of carbonyl (C=O) groups excluding carboxylic acids is 1. The van der Waals surface area contributed by atoms with Crippen molar-refractivity contribution in [2.24, 2.45) is 4.99 Å². The van der Waals surface area contributed by atoms with Crippen LogP contribution in [0.2, 0.25) is 0 Å². The number of nitrogens with zero attached hydrogens (tertiary/aromatic N) is 6. The summed E-state index contributed by atoms with van der Waals surface area (Å²) in [4.78, 5) is 42.4. The first-order valence-corrected chi connectivity index (χ1v) is 13.7. The number of hydrogen-bond donors (Lipinski definition) is 4. The Morgan fingerprint density at radius 2 is 1.88 bits per heavy atom. The highest BCUT2D eigenvalue weighted by Crippen LogP contribution is 2.24. The monoisotopic (exact) mass is 559 g/mol. The second-order valence-corrected chi connectivity index (χ2v) is 11.3. The molecular formula is C28H33N9O4. The van der Waals surface area contributed by atoms with Crippen molar-refractivity contribution >= 4 is 35.0 Å². The molecule has 1 saturated carbocycles.